The van der Waals surface area contributed by atoms with Crippen LogP contribution in [0, 0.1) is 51.8 Å². The van der Waals surface area contributed by atoms with Gasteiger partial charge in [0.1, 0.15) is 0 Å². The molecule has 0 aromatic rings. The zero-order valence-corrected chi connectivity index (χ0v) is 22.7. The van der Waals surface area contributed by atoms with Gasteiger partial charge in [0.2, 0.25) is 0 Å². The molecular formula is C30H58. The molecule has 8 atom stereocenters. The maximum absolute atomic E-state index is 2.76. The molecule has 8 unspecified atom stereocenters. The first-order chi connectivity index (χ1) is 14.0. The van der Waals surface area contributed by atoms with E-state index in [1.54, 1.807) is 0 Å². The Morgan fingerprint density at radius 1 is 1.03 bits per heavy atom. The number of hydrogen-bond donors (Lipinski definition) is 0. The van der Waals surface area contributed by atoms with Crippen LogP contribution in [-0.2, 0) is 0 Å². The Bertz CT molecular complexity index is 518. The van der Waals surface area contributed by atoms with Gasteiger partial charge < -0.3 is 0 Å². The van der Waals surface area contributed by atoms with Crippen LogP contribution in [-0.4, -0.2) is 0 Å². The Morgan fingerprint density at radius 3 is 2.23 bits per heavy atom. The van der Waals surface area contributed by atoms with Gasteiger partial charge in [-0.05, 0) is 90.3 Å². The first-order valence-corrected chi connectivity index (χ1v) is 14.0. The summed E-state index contributed by atoms with van der Waals surface area (Å²) >= 11 is 0. The van der Waals surface area contributed by atoms with Crippen molar-refractivity contribution in [2.45, 2.75) is 140 Å². The zero-order valence-electron chi connectivity index (χ0n) is 22.7. The molecule has 0 aliphatic heterocycles. The smallest absolute Gasteiger partial charge is 0.0263 e. The van der Waals surface area contributed by atoms with E-state index in [0.29, 0.717) is 16.2 Å². The first-order valence-electron chi connectivity index (χ1n) is 14.0. The van der Waals surface area contributed by atoms with Gasteiger partial charge in [0.25, 0.3) is 0 Å². The topological polar surface area (TPSA) is 0 Å². The lowest BCUT2D eigenvalue weighted by Crippen LogP contribution is -2.48. The molecule has 0 spiro atoms. The SMILES string of the molecule is CCCCC(C)(C)C1CCC(C)(C2CC(C)C(CC)C(C)(CCC)C2)C1C(C)CC. The van der Waals surface area contributed by atoms with Gasteiger partial charge in [0.05, 0.1) is 0 Å². The third kappa shape index (κ3) is 4.98. The van der Waals surface area contributed by atoms with Gasteiger partial charge in [-0.25, -0.2) is 0 Å². The Hall–Kier alpha value is 0. The lowest BCUT2D eigenvalue weighted by Gasteiger charge is -2.55. The molecule has 2 fully saturated rings. The Labute approximate surface area is 191 Å². The summed E-state index contributed by atoms with van der Waals surface area (Å²) in [7, 11) is 0. The average molecular weight is 419 g/mol. The summed E-state index contributed by atoms with van der Waals surface area (Å²) < 4.78 is 0. The fourth-order valence-corrected chi connectivity index (χ4v) is 9.10. The van der Waals surface area contributed by atoms with E-state index >= 15 is 0 Å². The predicted octanol–water partition coefficient (Wildman–Crippen LogP) is 10.2. The van der Waals surface area contributed by atoms with Gasteiger partial charge in [-0.1, -0.05) is 101 Å². The van der Waals surface area contributed by atoms with E-state index in [4.69, 9.17) is 0 Å². The minimum Gasteiger partial charge on any atom is -0.0654 e. The lowest BCUT2D eigenvalue weighted by atomic mass is 9.50. The fourth-order valence-electron chi connectivity index (χ4n) is 9.10. The molecule has 2 aliphatic carbocycles. The minimum atomic E-state index is 0.501. The van der Waals surface area contributed by atoms with Crippen LogP contribution in [0.15, 0.2) is 0 Å². The van der Waals surface area contributed by atoms with Crippen LogP contribution >= 0.6 is 0 Å². The largest absolute Gasteiger partial charge is 0.0654 e. The molecule has 0 amide bonds. The van der Waals surface area contributed by atoms with Crippen molar-refractivity contribution in [1.82, 2.24) is 0 Å². The minimum absolute atomic E-state index is 0.501. The molecule has 0 N–H and O–H groups in total. The van der Waals surface area contributed by atoms with Crippen LogP contribution in [0.5, 0.6) is 0 Å². The Balaban J connectivity index is 2.38. The highest BCUT2D eigenvalue weighted by Gasteiger charge is 2.57. The molecule has 30 heavy (non-hydrogen) atoms. The zero-order chi connectivity index (χ0) is 22.7. The molecule has 0 heteroatoms. The highest BCUT2D eigenvalue weighted by Crippen LogP contribution is 2.65. The van der Waals surface area contributed by atoms with E-state index in [-0.39, 0.29) is 0 Å². The third-order valence-electron chi connectivity index (χ3n) is 10.8. The molecule has 0 aromatic heterocycles. The van der Waals surface area contributed by atoms with E-state index in [1.807, 2.05) is 0 Å². The molecule has 2 saturated carbocycles. The predicted molar refractivity (Wildman–Crippen MR) is 136 cm³/mol. The second-order valence-corrected chi connectivity index (χ2v) is 13.2. The summed E-state index contributed by atoms with van der Waals surface area (Å²) in [6.45, 7) is 25.6. The van der Waals surface area contributed by atoms with Gasteiger partial charge in [-0.3, -0.25) is 0 Å². The molecule has 0 aromatic carbocycles. The Kier molecular flexibility index (Phi) is 9.01. The second-order valence-electron chi connectivity index (χ2n) is 13.2. The molecule has 0 nitrogen and oxygen atoms in total. The summed E-state index contributed by atoms with van der Waals surface area (Å²) in [5.74, 6) is 5.44. The summed E-state index contributed by atoms with van der Waals surface area (Å²) in [4.78, 5) is 0. The monoisotopic (exact) mass is 418 g/mol. The summed E-state index contributed by atoms with van der Waals surface area (Å²) in [5, 5.41) is 0. The molecular weight excluding hydrogens is 360 g/mol. The molecule has 2 rings (SSSR count). The lowest BCUT2D eigenvalue weighted by molar-refractivity contribution is -0.0623. The quantitative estimate of drug-likeness (QED) is 0.331. The second kappa shape index (κ2) is 10.3. The van der Waals surface area contributed by atoms with Crippen molar-refractivity contribution in [3.05, 3.63) is 0 Å². The summed E-state index contributed by atoms with van der Waals surface area (Å²) in [6.07, 6.45) is 15.6. The number of hydrogen-bond acceptors (Lipinski definition) is 0. The van der Waals surface area contributed by atoms with Gasteiger partial charge in [0.15, 0.2) is 0 Å². The van der Waals surface area contributed by atoms with Crippen LogP contribution in [0.1, 0.15) is 140 Å². The highest BCUT2D eigenvalue weighted by atomic mass is 14.6. The molecule has 0 bridgehead atoms. The van der Waals surface area contributed by atoms with Crippen molar-refractivity contribution >= 4 is 0 Å². The molecule has 178 valence electrons. The third-order valence-corrected chi connectivity index (χ3v) is 10.8. The van der Waals surface area contributed by atoms with Crippen molar-refractivity contribution in [2.24, 2.45) is 51.8 Å². The summed E-state index contributed by atoms with van der Waals surface area (Å²) in [6, 6.07) is 0. The van der Waals surface area contributed by atoms with Gasteiger partial charge in [-0.15, -0.1) is 0 Å². The molecule has 2 aliphatic rings. The van der Waals surface area contributed by atoms with E-state index in [2.05, 4.69) is 69.2 Å². The van der Waals surface area contributed by atoms with E-state index in [9.17, 15) is 0 Å². The van der Waals surface area contributed by atoms with E-state index in [1.165, 1.54) is 70.6 Å². The van der Waals surface area contributed by atoms with Crippen molar-refractivity contribution in [3.63, 3.8) is 0 Å². The van der Waals surface area contributed by atoms with Crippen LogP contribution in [0.25, 0.3) is 0 Å². The maximum atomic E-state index is 2.76. The van der Waals surface area contributed by atoms with Crippen LogP contribution < -0.4 is 0 Å². The van der Waals surface area contributed by atoms with E-state index < -0.39 is 0 Å². The number of rotatable bonds is 10. The molecule has 0 radical (unpaired) electrons. The van der Waals surface area contributed by atoms with Gasteiger partial charge >= 0.3 is 0 Å². The van der Waals surface area contributed by atoms with Gasteiger partial charge in [-0.2, -0.15) is 0 Å². The molecule has 0 heterocycles. The maximum Gasteiger partial charge on any atom is -0.0263 e. The van der Waals surface area contributed by atoms with Crippen molar-refractivity contribution in [2.75, 3.05) is 0 Å². The van der Waals surface area contributed by atoms with Gasteiger partial charge in [0, 0.05) is 0 Å². The van der Waals surface area contributed by atoms with Crippen molar-refractivity contribution in [3.8, 4) is 0 Å². The van der Waals surface area contributed by atoms with Crippen LogP contribution in [0.3, 0.4) is 0 Å². The Morgan fingerprint density at radius 2 is 1.70 bits per heavy atom. The number of unbranched alkanes of at least 4 members (excludes halogenated alkanes) is 1. The van der Waals surface area contributed by atoms with Crippen molar-refractivity contribution in [1.29, 1.82) is 0 Å². The van der Waals surface area contributed by atoms with Crippen LogP contribution in [0.4, 0.5) is 0 Å². The van der Waals surface area contributed by atoms with E-state index in [0.717, 1.165) is 35.5 Å². The standard InChI is InChI=1S/C30H58/c1-11-15-18-28(7,8)26-16-19-30(10,27(26)22(5)13-3)24-20-23(6)25(14-4)29(9,21-24)17-12-2/h22-27H,11-21H2,1-10H3. The van der Waals surface area contributed by atoms with Crippen LogP contribution in [0.2, 0.25) is 0 Å². The molecule has 0 saturated heterocycles. The fraction of sp³-hybridized carbons (Fsp3) is 1.00. The average Bonchev–Trinajstić information content (AvgIpc) is 3.05. The highest BCUT2D eigenvalue weighted by molar-refractivity contribution is 5.06. The first kappa shape index (κ1) is 26.3. The normalized spacial score (nSPS) is 41.2. The summed E-state index contributed by atoms with van der Waals surface area (Å²) in [5.41, 5.74) is 1.61. The van der Waals surface area contributed by atoms with Crippen molar-refractivity contribution < 1.29 is 0 Å².